The first-order valence-corrected chi connectivity index (χ1v) is 8.49. The Morgan fingerprint density at radius 2 is 2.08 bits per heavy atom. The Bertz CT molecular complexity index is 572. The van der Waals surface area contributed by atoms with Crippen LogP contribution in [0.5, 0.6) is 5.75 Å². The van der Waals surface area contributed by atoms with Gasteiger partial charge < -0.3 is 20.3 Å². The summed E-state index contributed by atoms with van der Waals surface area (Å²) in [5.74, 6) is 0.762. The highest BCUT2D eigenvalue weighted by molar-refractivity contribution is 5.96. The standard InChI is InChI=1S/C18H27N3O3/c1-4-9-21(18(23)13(2)14-10-19-11-14)12-17(22)20-15-7-5-6-8-16(15)24-3/h5-8,13-14,19H,4,9-12H2,1-3H3,(H,20,22). The normalized spacial score (nSPS) is 15.3. The van der Waals surface area contributed by atoms with Crippen molar-refractivity contribution in [2.24, 2.45) is 11.8 Å². The van der Waals surface area contributed by atoms with Crippen molar-refractivity contribution in [3.05, 3.63) is 24.3 Å². The molecule has 2 rings (SSSR count). The largest absolute Gasteiger partial charge is 0.495 e. The molecule has 1 heterocycles. The van der Waals surface area contributed by atoms with Gasteiger partial charge in [0.15, 0.2) is 0 Å². The van der Waals surface area contributed by atoms with E-state index in [0.29, 0.717) is 23.9 Å². The second-order valence-corrected chi connectivity index (χ2v) is 6.22. The van der Waals surface area contributed by atoms with Crippen LogP contribution in [-0.2, 0) is 9.59 Å². The van der Waals surface area contributed by atoms with Crippen LogP contribution in [0.1, 0.15) is 20.3 Å². The summed E-state index contributed by atoms with van der Waals surface area (Å²) in [5, 5.41) is 6.02. The topological polar surface area (TPSA) is 70.7 Å². The van der Waals surface area contributed by atoms with Gasteiger partial charge in [-0.05, 0) is 37.6 Å². The summed E-state index contributed by atoms with van der Waals surface area (Å²) in [6.07, 6.45) is 0.823. The van der Waals surface area contributed by atoms with E-state index in [1.807, 2.05) is 26.0 Å². The van der Waals surface area contributed by atoms with E-state index in [0.717, 1.165) is 19.5 Å². The molecule has 6 heteroatoms. The van der Waals surface area contributed by atoms with E-state index >= 15 is 0 Å². The molecule has 0 aliphatic carbocycles. The number of amides is 2. The molecule has 1 atom stereocenters. The van der Waals surface area contributed by atoms with Crippen molar-refractivity contribution >= 4 is 17.5 Å². The Morgan fingerprint density at radius 3 is 2.67 bits per heavy atom. The van der Waals surface area contributed by atoms with Gasteiger partial charge in [0.05, 0.1) is 19.3 Å². The molecule has 24 heavy (non-hydrogen) atoms. The molecule has 132 valence electrons. The van der Waals surface area contributed by atoms with Gasteiger partial charge in [-0.25, -0.2) is 0 Å². The van der Waals surface area contributed by atoms with E-state index in [1.165, 1.54) is 0 Å². The average molecular weight is 333 g/mol. The second kappa shape index (κ2) is 8.68. The highest BCUT2D eigenvalue weighted by atomic mass is 16.5. The summed E-state index contributed by atoms with van der Waals surface area (Å²) >= 11 is 0. The van der Waals surface area contributed by atoms with Gasteiger partial charge in [0.2, 0.25) is 11.8 Å². The third kappa shape index (κ3) is 4.47. The summed E-state index contributed by atoms with van der Waals surface area (Å²) in [5.41, 5.74) is 0.616. The third-order valence-electron chi connectivity index (χ3n) is 4.43. The Labute approximate surface area is 143 Å². The number of para-hydroxylation sites is 2. The number of nitrogens with one attached hydrogen (secondary N) is 2. The minimum absolute atomic E-state index is 0.0542. The van der Waals surface area contributed by atoms with Crippen molar-refractivity contribution in [3.63, 3.8) is 0 Å². The number of rotatable bonds is 8. The van der Waals surface area contributed by atoms with E-state index < -0.39 is 0 Å². The van der Waals surface area contributed by atoms with Crippen LogP contribution >= 0.6 is 0 Å². The third-order valence-corrected chi connectivity index (χ3v) is 4.43. The van der Waals surface area contributed by atoms with E-state index in [-0.39, 0.29) is 24.3 Å². The maximum Gasteiger partial charge on any atom is 0.244 e. The fraction of sp³-hybridized carbons (Fsp3) is 0.556. The number of anilines is 1. The maximum absolute atomic E-state index is 12.7. The first-order valence-electron chi connectivity index (χ1n) is 8.49. The monoisotopic (exact) mass is 333 g/mol. The molecule has 1 aliphatic rings. The molecule has 1 aromatic carbocycles. The average Bonchev–Trinajstić information content (AvgIpc) is 2.52. The minimum Gasteiger partial charge on any atom is -0.495 e. The number of methoxy groups -OCH3 is 1. The lowest BCUT2D eigenvalue weighted by Crippen LogP contribution is -2.51. The summed E-state index contributed by atoms with van der Waals surface area (Å²) in [6, 6.07) is 7.25. The molecule has 2 N–H and O–H groups in total. The van der Waals surface area contributed by atoms with E-state index in [1.54, 1.807) is 24.1 Å². The summed E-state index contributed by atoms with van der Waals surface area (Å²) in [4.78, 5) is 26.7. The number of hydrogen-bond acceptors (Lipinski definition) is 4. The summed E-state index contributed by atoms with van der Waals surface area (Å²) in [7, 11) is 1.56. The maximum atomic E-state index is 12.7. The molecule has 0 spiro atoms. The number of benzene rings is 1. The first kappa shape index (κ1) is 18.3. The van der Waals surface area contributed by atoms with E-state index in [9.17, 15) is 9.59 Å². The molecule has 1 aliphatic heterocycles. The van der Waals surface area contributed by atoms with Crippen LogP contribution in [0.4, 0.5) is 5.69 Å². The smallest absolute Gasteiger partial charge is 0.244 e. The van der Waals surface area contributed by atoms with E-state index in [2.05, 4.69) is 10.6 Å². The molecule has 1 saturated heterocycles. The molecule has 0 bridgehead atoms. The van der Waals surface area contributed by atoms with Gasteiger partial charge in [0.1, 0.15) is 5.75 Å². The number of hydrogen-bond donors (Lipinski definition) is 2. The molecule has 1 fully saturated rings. The molecule has 0 aromatic heterocycles. The minimum atomic E-state index is -0.208. The predicted octanol–water partition coefficient (Wildman–Crippen LogP) is 1.73. The van der Waals surface area contributed by atoms with Crippen molar-refractivity contribution in [2.75, 3.05) is 38.6 Å². The highest BCUT2D eigenvalue weighted by Crippen LogP contribution is 2.23. The van der Waals surface area contributed by atoms with Gasteiger partial charge in [0, 0.05) is 12.5 Å². The molecule has 0 radical (unpaired) electrons. The summed E-state index contributed by atoms with van der Waals surface area (Å²) < 4.78 is 5.24. The van der Waals surface area contributed by atoms with Crippen molar-refractivity contribution in [3.8, 4) is 5.75 Å². The number of carbonyl (C=O) groups excluding carboxylic acids is 2. The number of nitrogens with zero attached hydrogens (tertiary/aromatic N) is 1. The molecule has 1 unspecified atom stereocenters. The molecular formula is C18H27N3O3. The van der Waals surface area contributed by atoms with Crippen molar-refractivity contribution in [1.82, 2.24) is 10.2 Å². The molecule has 6 nitrogen and oxygen atoms in total. The molecule has 2 amide bonds. The van der Waals surface area contributed by atoms with Gasteiger partial charge in [-0.3, -0.25) is 9.59 Å². The van der Waals surface area contributed by atoms with Crippen LogP contribution < -0.4 is 15.4 Å². The highest BCUT2D eigenvalue weighted by Gasteiger charge is 2.32. The molecule has 0 saturated carbocycles. The molecule has 1 aromatic rings. The Hall–Kier alpha value is -2.08. The van der Waals surface area contributed by atoms with Crippen LogP contribution in [0, 0.1) is 11.8 Å². The van der Waals surface area contributed by atoms with Crippen molar-refractivity contribution < 1.29 is 14.3 Å². The first-order chi connectivity index (χ1) is 11.6. The van der Waals surface area contributed by atoms with Crippen LogP contribution in [0.15, 0.2) is 24.3 Å². The van der Waals surface area contributed by atoms with Crippen LogP contribution in [0.3, 0.4) is 0 Å². The lowest BCUT2D eigenvalue weighted by atomic mass is 9.88. The lowest BCUT2D eigenvalue weighted by Gasteiger charge is -2.34. The van der Waals surface area contributed by atoms with Crippen LogP contribution in [0.2, 0.25) is 0 Å². The van der Waals surface area contributed by atoms with Gasteiger partial charge in [-0.2, -0.15) is 0 Å². The second-order valence-electron chi connectivity index (χ2n) is 6.22. The van der Waals surface area contributed by atoms with Crippen LogP contribution in [0.25, 0.3) is 0 Å². The van der Waals surface area contributed by atoms with Crippen molar-refractivity contribution in [1.29, 1.82) is 0 Å². The zero-order chi connectivity index (χ0) is 17.5. The van der Waals surface area contributed by atoms with Gasteiger partial charge in [0.25, 0.3) is 0 Å². The Balaban J connectivity index is 1.98. The van der Waals surface area contributed by atoms with Gasteiger partial charge in [-0.1, -0.05) is 26.0 Å². The zero-order valence-electron chi connectivity index (χ0n) is 14.7. The number of ether oxygens (including phenoxy) is 1. The fourth-order valence-corrected chi connectivity index (χ4v) is 2.80. The van der Waals surface area contributed by atoms with Gasteiger partial charge in [-0.15, -0.1) is 0 Å². The Kier molecular flexibility index (Phi) is 6.61. The number of carbonyl (C=O) groups is 2. The predicted molar refractivity (Wildman–Crippen MR) is 94.0 cm³/mol. The zero-order valence-corrected chi connectivity index (χ0v) is 14.7. The Morgan fingerprint density at radius 1 is 1.38 bits per heavy atom. The fourth-order valence-electron chi connectivity index (χ4n) is 2.80. The lowest BCUT2D eigenvalue weighted by molar-refractivity contribution is -0.140. The van der Waals surface area contributed by atoms with E-state index in [4.69, 9.17) is 4.74 Å². The van der Waals surface area contributed by atoms with Gasteiger partial charge >= 0.3 is 0 Å². The van der Waals surface area contributed by atoms with Crippen LogP contribution in [-0.4, -0.2) is 50.0 Å². The van der Waals surface area contributed by atoms with Crippen molar-refractivity contribution in [2.45, 2.75) is 20.3 Å². The summed E-state index contributed by atoms with van der Waals surface area (Å²) in [6.45, 7) is 6.36. The SMILES string of the molecule is CCCN(CC(=O)Nc1ccccc1OC)C(=O)C(C)C1CNC1. The quantitative estimate of drug-likeness (QED) is 0.760. The molecular weight excluding hydrogens is 306 g/mol.